The number of amides is 8. The summed E-state index contributed by atoms with van der Waals surface area (Å²) >= 11 is 26.4. The van der Waals surface area contributed by atoms with Gasteiger partial charge in [-0.1, -0.05) is 113 Å². The molecule has 9 N–H and O–H groups in total. The molecule has 0 aliphatic carbocycles. The summed E-state index contributed by atoms with van der Waals surface area (Å²) in [6.45, 7) is 2.51. The molecular formula is C84H61Cl4N19O17S8. The fourth-order valence-electron chi connectivity index (χ4n) is 13.7. The van der Waals surface area contributed by atoms with E-state index in [1.165, 1.54) is 113 Å². The molecule has 4 aromatic carbocycles. The monoisotopic (exact) mass is 2000 g/mol. The summed E-state index contributed by atoms with van der Waals surface area (Å²) in [5, 5.41) is 17.1. The number of pyridine rings is 8. The molecule has 0 spiro atoms. The van der Waals surface area contributed by atoms with Crippen molar-refractivity contribution in [2.75, 3.05) is 28.3 Å². The molecule has 19 rings (SSSR count). The van der Waals surface area contributed by atoms with Crippen LogP contribution >= 0.6 is 91.8 Å². The van der Waals surface area contributed by atoms with Crippen LogP contribution in [0.3, 0.4) is 0 Å². The van der Waals surface area contributed by atoms with Crippen LogP contribution in [0.15, 0.2) is 290 Å². The Morgan fingerprint density at radius 1 is 0.394 bits per heavy atom. The lowest BCUT2D eigenvalue weighted by Gasteiger charge is -2.14. The van der Waals surface area contributed by atoms with Crippen LogP contribution in [0.25, 0.3) is 77.8 Å². The van der Waals surface area contributed by atoms with Crippen molar-refractivity contribution in [1.29, 1.82) is 0 Å². The van der Waals surface area contributed by atoms with Crippen LogP contribution in [-0.4, -0.2) is 113 Å². The molecule has 8 amide bonds. The topological polar surface area (TPSA) is 482 Å². The van der Waals surface area contributed by atoms with Gasteiger partial charge in [0.05, 0.1) is 70.3 Å². The van der Waals surface area contributed by atoms with Crippen LogP contribution in [0.2, 0.25) is 17.3 Å². The zero-order valence-electron chi connectivity index (χ0n) is 67.2. The first-order chi connectivity index (χ1) is 63.2. The largest absolute Gasteiger partial charge is 0.443 e. The van der Waals surface area contributed by atoms with E-state index in [4.69, 9.17) is 50.8 Å². The molecule has 0 unspecified atom stereocenters. The summed E-state index contributed by atoms with van der Waals surface area (Å²) < 4.78 is 118. The quantitative estimate of drug-likeness (QED) is 0.0409. The molecule has 2 aliphatic heterocycles. The fraction of sp³-hybridized carbons (Fsp3) is 0.0595. The van der Waals surface area contributed by atoms with Gasteiger partial charge in [0, 0.05) is 66.8 Å². The highest BCUT2D eigenvalue weighted by Gasteiger charge is 2.29. The second-order valence-electron chi connectivity index (χ2n) is 28.3. The number of hydrogen-bond donors (Lipinski definition) is 9. The van der Waals surface area contributed by atoms with Crippen LogP contribution in [0.5, 0.6) is 0 Å². The highest BCUT2D eigenvalue weighted by Crippen LogP contribution is 2.34. The number of carbonyl (C=O) groups excluding carboxylic acids is 4. The van der Waals surface area contributed by atoms with Gasteiger partial charge in [-0.15, -0.1) is 45.3 Å². The number of urea groups is 4. The van der Waals surface area contributed by atoms with Crippen molar-refractivity contribution in [2.45, 2.75) is 43.0 Å². The van der Waals surface area contributed by atoms with Crippen molar-refractivity contribution < 1.29 is 57.3 Å². The Hall–Kier alpha value is -13.7. The van der Waals surface area contributed by atoms with Gasteiger partial charge in [0.15, 0.2) is 12.0 Å². The first-order valence-electron chi connectivity index (χ1n) is 38.3. The minimum absolute atomic E-state index is 0.0735. The standard InChI is InChI=1S/C22H18ClN5O4S2.C21H16ClN5O4S2.C21H15ClN4O4S2.C20H12ClN5O5S2/c1-27-11-16-14-4-2-3-5-15(14)21(29)28(17(16)12-27)19-8-6-13(10-24-19)25-22(30)26-34(31,32)20-9-7-18(23)33-20;22-17-6-8-19(32-17)33(30,31)26-21(29)25-12-5-7-18(24-9-12)27-16-11-23-10-15(16)13-3-1-2-4-14(13)20(27)28;22-17-8-11-20(31-17)32(29,30)25-21(28)24-16-7-9-18(23-12-16)26-13-15(6-10-19(26)27)14-4-2-1-3-5-14;21-16-2-4-18(32-16)33(29,30)25-20(28)24-12-1-3-17(22-9-12)26-6-5-11-7-14-15(31-10-23-14)8-13(11)19(26)27/h2-10H,11-12H2,1H3,(H2,25,26,30);1-9,23H,10-11H2,(H2,25,26,29);1-13H,(H2,24,25,28);1-10H,(H2,24,25,28). The Morgan fingerprint density at radius 3 is 1.23 bits per heavy atom. The van der Waals surface area contributed by atoms with Crippen LogP contribution in [0, 0.1) is 0 Å². The molecule has 132 heavy (non-hydrogen) atoms. The molecule has 13 aromatic heterocycles. The molecule has 36 nitrogen and oxygen atoms in total. The lowest BCUT2D eigenvalue weighted by Crippen LogP contribution is -2.34. The number of aromatic nitrogens is 9. The number of benzene rings is 4. The maximum Gasteiger partial charge on any atom is 0.333 e. The number of carbonyl (C=O) groups is 4. The number of sulfonamides is 4. The zero-order valence-corrected chi connectivity index (χ0v) is 76.7. The summed E-state index contributed by atoms with van der Waals surface area (Å²) in [7, 11) is -14.2. The predicted octanol–water partition coefficient (Wildman–Crippen LogP) is 14.6. The number of thiophene rings is 4. The number of nitrogens with zero attached hydrogens (tertiary/aromatic N) is 10. The second-order valence-corrected chi connectivity index (χ2v) is 42.8. The van der Waals surface area contributed by atoms with E-state index in [1.807, 2.05) is 92.7 Å². The van der Waals surface area contributed by atoms with Crippen molar-refractivity contribution in [2.24, 2.45) is 0 Å². The zero-order chi connectivity index (χ0) is 93.1. The van der Waals surface area contributed by atoms with Gasteiger partial charge in [-0.2, -0.15) is 0 Å². The van der Waals surface area contributed by atoms with Gasteiger partial charge in [0.25, 0.3) is 62.3 Å². The maximum absolute atomic E-state index is 13.3. The van der Waals surface area contributed by atoms with E-state index in [0.717, 1.165) is 96.3 Å². The van der Waals surface area contributed by atoms with Crippen LogP contribution in [-0.2, 0) is 66.3 Å². The van der Waals surface area contributed by atoms with E-state index in [9.17, 15) is 72.0 Å². The smallest absolute Gasteiger partial charge is 0.333 e. The predicted molar refractivity (Wildman–Crippen MR) is 505 cm³/mol. The van der Waals surface area contributed by atoms with Crippen molar-refractivity contribution >= 4 is 222 Å². The van der Waals surface area contributed by atoms with Gasteiger partial charge in [-0.25, -0.2) is 96.7 Å². The third-order valence-electron chi connectivity index (χ3n) is 19.6. The lowest BCUT2D eigenvalue weighted by molar-refractivity contribution is 0.255. The average molecular weight is 2010 g/mol. The molecule has 17 aromatic rings. The van der Waals surface area contributed by atoms with Crippen molar-refractivity contribution in [1.82, 2.24) is 72.3 Å². The summed E-state index contributed by atoms with van der Waals surface area (Å²) in [4.78, 5) is 124. The van der Waals surface area contributed by atoms with E-state index in [1.54, 1.807) is 88.3 Å². The Labute approximate surface area is 782 Å². The third-order valence-corrected chi connectivity index (χ3v) is 31.8. The number of fused-ring (bicyclic) bond motifs is 8. The summed E-state index contributed by atoms with van der Waals surface area (Å²) in [5.41, 5.74) is 6.86. The molecule has 0 saturated carbocycles. The number of nitrogens with one attached hydrogen (secondary N) is 9. The van der Waals surface area contributed by atoms with Gasteiger partial charge in [0.1, 0.15) is 45.6 Å². The van der Waals surface area contributed by atoms with Crippen molar-refractivity contribution in [3.8, 4) is 34.4 Å². The normalized spacial score (nSPS) is 12.4. The summed E-state index contributed by atoms with van der Waals surface area (Å²) in [6.07, 6.45) is 9.93. The van der Waals surface area contributed by atoms with E-state index in [0.29, 0.717) is 84.2 Å². The van der Waals surface area contributed by atoms with E-state index in [2.05, 4.69) is 56.4 Å². The number of halogens is 4. The fourth-order valence-corrected chi connectivity index (χ4v) is 23.3. The molecule has 15 heterocycles. The SMILES string of the molecule is CN1Cc2c(n(-c3ccc(NC(=O)NS(=O)(=O)c4ccc(Cl)s4)cn3)c(=O)c3ccccc23)C1.O=C(Nc1ccc(-n2c3c(c4ccccc4c2=O)CNC3)nc1)NS(=O)(=O)c1ccc(Cl)s1.O=C(Nc1ccc(-n2cc(-c3ccccc3)ccc2=O)nc1)NS(=O)(=O)c1ccc(Cl)s1.O=C(Nc1ccc(-n2ccc3cc4ncoc4cc3c2=O)nc1)NS(=O)(=O)c1ccc(Cl)s1. The van der Waals surface area contributed by atoms with Crippen molar-refractivity contribution in [3.05, 3.63) is 331 Å². The average Bonchev–Trinajstić information content (AvgIpc) is 1.49. The first kappa shape index (κ1) is 91.6. The van der Waals surface area contributed by atoms with Crippen molar-refractivity contribution in [3.63, 3.8) is 0 Å². The maximum atomic E-state index is 13.3. The van der Waals surface area contributed by atoms with Gasteiger partial charge < -0.3 is 31.0 Å². The summed E-state index contributed by atoms with van der Waals surface area (Å²) in [5.74, 6) is 1.47. The Kier molecular flexibility index (Phi) is 26.6. The molecule has 0 atom stereocenters. The highest BCUT2D eigenvalue weighted by atomic mass is 35.5. The Bertz CT molecular complexity index is 8190. The van der Waals surface area contributed by atoms with Crippen LogP contribution in [0.4, 0.5) is 41.9 Å². The molecule has 0 bridgehead atoms. The molecule has 0 fully saturated rings. The third kappa shape index (κ3) is 20.5. The van der Waals surface area contributed by atoms with Gasteiger partial charge >= 0.3 is 24.1 Å². The van der Waals surface area contributed by atoms with Gasteiger partial charge in [-0.05, 0) is 179 Å². The molecule has 0 radical (unpaired) electrons. The molecule has 670 valence electrons. The van der Waals surface area contributed by atoms with Gasteiger partial charge in [-0.3, -0.25) is 42.3 Å². The number of hydrogen-bond acceptors (Lipinski definition) is 28. The van der Waals surface area contributed by atoms with Crippen LogP contribution < -0.4 is 67.7 Å². The minimum atomic E-state index is -4.05. The lowest BCUT2D eigenvalue weighted by atomic mass is 10.1. The van der Waals surface area contributed by atoms with E-state index >= 15 is 0 Å². The van der Waals surface area contributed by atoms with E-state index < -0.39 is 64.2 Å². The Balaban J connectivity index is 0.000000128. The van der Waals surface area contributed by atoms with Crippen LogP contribution in [0.1, 0.15) is 22.5 Å². The summed E-state index contributed by atoms with van der Waals surface area (Å²) in [6, 6.07) is 52.4. The Morgan fingerprint density at radius 2 is 0.803 bits per heavy atom. The molecule has 0 saturated heterocycles. The highest BCUT2D eigenvalue weighted by molar-refractivity contribution is 7.93. The minimum Gasteiger partial charge on any atom is -0.443 e. The van der Waals surface area contributed by atoms with Gasteiger partial charge in [0.2, 0.25) is 0 Å². The second kappa shape index (κ2) is 38.4. The number of oxazole rings is 1. The molecule has 2 aliphatic rings. The first-order valence-corrected chi connectivity index (χ1v) is 49.0. The number of rotatable bonds is 17. The molecule has 48 heteroatoms. The van der Waals surface area contributed by atoms with E-state index in [-0.39, 0.29) is 70.5 Å². The molecular weight excluding hydrogens is 1950 g/mol. The number of anilines is 4.